The fraction of sp³-hybridized carbons (Fsp3) is 0.167. The highest BCUT2D eigenvalue weighted by Crippen LogP contribution is 2.19. The van der Waals surface area contributed by atoms with E-state index in [9.17, 15) is 4.79 Å². The van der Waals surface area contributed by atoms with Crippen LogP contribution in [0.2, 0.25) is 0 Å². The zero-order chi connectivity index (χ0) is 20.0. The summed E-state index contributed by atoms with van der Waals surface area (Å²) in [7, 11) is 1.52. The molecule has 0 saturated heterocycles. The van der Waals surface area contributed by atoms with Crippen molar-refractivity contribution in [1.82, 2.24) is 9.97 Å². The van der Waals surface area contributed by atoms with E-state index in [2.05, 4.69) is 20.6 Å². The normalized spacial score (nSPS) is 11.0. The van der Waals surface area contributed by atoms with Gasteiger partial charge >= 0.3 is 0 Å². The van der Waals surface area contributed by atoms with Gasteiger partial charge in [-0.1, -0.05) is 12.2 Å². The molecule has 2 heterocycles. The van der Waals surface area contributed by atoms with Gasteiger partial charge in [0.1, 0.15) is 16.9 Å². The van der Waals surface area contributed by atoms with Crippen molar-refractivity contribution in [1.29, 1.82) is 5.26 Å². The molecule has 4 N–H and O–H groups in total. The van der Waals surface area contributed by atoms with Gasteiger partial charge in [0.05, 0.1) is 30.1 Å². The summed E-state index contributed by atoms with van der Waals surface area (Å²) >= 11 is 5.30. The number of ether oxygens (including phenoxy) is 1. The molecule has 0 fully saturated rings. The lowest BCUT2D eigenvalue weighted by Gasteiger charge is -2.14. The van der Waals surface area contributed by atoms with Gasteiger partial charge in [-0.25, -0.2) is 9.97 Å². The Kier molecular flexibility index (Phi) is 6.41. The number of nitriles is 1. The molecule has 0 aromatic carbocycles. The third-order valence-electron chi connectivity index (χ3n) is 3.46. The van der Waals surface area contributed by atoms with Gasteiger partial charge in [0.15, 0.2) is 0 Å². The first-order chi connectivity index (χ1) is 12.8. The number of allylic oxidation sites excluding steroid dienone is 1. The molecule has 0 spiro atoms. The van der Waals surface area contributed by atoms with Crippen LogP contribution in [0.5, 0.6) is 5.88 Å². The van der Waals surface area contributed by atoms with Crippen molar-refractivity contribution in [2.45, 2.75) is 13.8 Å². The second-order valence-corrected chi connectivity index (χ2v) is 5.97. The second-order valence-electron chi connectivity index (χ2n) is 5.56. The molecule has 0 aliphatic rings. The number of nitrogens with one attached hydrogen (secondary N) is 2. The number of rotatable bonds is 5. The summed E-state index contributed by atoms with van der Waals surface area (Å²) in [5, 5.41) is 14.4. The van der Waals surface area contributed by atoms with Crippen LogP contribution >= 0.6 is 12.2 Å². The smallest absolute Gasteiger partial charge is 0.260 e. The van der Waals surface area contributed by atoms with Crippen molar-refractivity contribution in [2.24, 2.45) is 5.73 Å². The predicted octanol–water partition coefficient (Wildman–Crippen LogP) is 2.28. The van der Waals surface area contributed by atoms with Gasteiger partial charge < -0.3 is 21.1 Å². The summed E-state index contributed by atoms with van der Waals surface area (Å²) in [5.41, 5.74) is 7.89. The Morgan fingerprint density at radius 2 is 2.04 bits per heavy atom. The van der Waals surface area contributed by atoms with Crippen molar-refractivity contribution < 1.29 is 9.53 Å². The van der Waals surface area contributed by atoms with E-state index in [1.165, 1.54) is 19.5 Å². The SMILES string of the molecule is COc1ncc(NC(=O)C(C(=S)Nc2ccc(C#N)cn2)=C(C)N)cc1C. The number of hydrogen-bond donors (Lipinski definition) is 3. The van der Waals surface area contributed by atoms with Crippen LogP contribution in [0.25, 0.3) is 0 Å². The summed E-state index contributed by atoms with van der Waals surface area (Å²) < 4.78 is 5.10. The number of aromatic nitrogens is 2. The number of hydrogen-bond acceptors (Lipinski definition) is 7. The zero-order valence-corrected chi connectivity index (χ0v) is 15.8. The molecule has 0 unspecified atom stereocenters. The molecule has 0 aliphatic carbocycles. The Morgan fingerprint density at radius 3 is 2.56 bits per heavy atom. The molecule has 2 aromatic heterocycles. The average molecular weight is 382 g/mol. The van der Waals surface area contributed by atoms with Gasteiger partial charge in [-0.3, -0.25) is 4.79 Å². The molecule has 0 bridgehead atoms. The highest BCUT2D eigenvalue weighted by Gasteiger charge is 2.18. The maximum Gasteiger partial charge on any atom is 0.260 e. The molecule has 0 atom stereocenters. The van der Waals surface area contributed by atoms with Crippen LogP contribution in [0.4, 0.5) is 11.5 Å². The van der Waals surface area contributed by atoms with Crippen molar-refractivity contribution in [2.75, 3.05) is 17.7 Å². The second kappa shape index (κ2) is 8.73. The molecule has 8 nitrogen and oxygen atoms in total. The average Bonchev–Trinajstić information content (AvgIpc) is 2.62. The van der Waals surface area contributed by atoms with Gasteiger partial charge in [0, 0.05) is 17.5 Å². The highest BCUT2D eigenvalue weighted by molar-refractivity contribution is 7.81. The number of carbonyl (C=O) groups excluding carboxylic acids is 1. The fourth-order valence-electron chi connectivity index (χ4n) is 2.21. The lowest BCUT2D eigenvalue weighted by molar-refractivity contribution is -0.112. The standard InChI is InChI=1S/C18H18N6O2S/c1-10-6-13(9-22-17(10)26-3)23-16(25)15(11(2)20)18(27)24-14-5-4-12(7-19)8-21-14/h4-6,8-9H,20H2,1-3H3,(H,23,25)(H,21,24,27). The summed E-state index contributed by atoms with van der Waals surface area (Å²) in [6, 6.07) is 6.88. The van der Waals surface area contributed by atoms with E-state index in [0.717, 1.165) is 5.56 Å². The molecule has 0 aliphatic heterocycles. The van der Waals surface area contributed by atoms with E-state index in [4.69, 9.17) is 28.0 Å². The Bertz CT molecular complexity index is 943. The lowest BCUT2D eigenvalue weighted by Crippen LogP contribution is -2.27. The maximum absolute atomic E-state index is 12.7. The van der Waals surface area contributed by atoms with Crippen LogP contribution < -0.4 is 21.1 Å². The molecule has 2 rings (SSSR count). The number of thiocarbonyl (C=S) groups is 1. The quantitative estimate of drug-likeness (QED) is 0.531. The Labute approximate surface area is 162 Å². The number of methoxy groups -OCH3 is 1. The number of pyridine rings is 2. The first-order valence-electron chi connectivity index (χ1n) is 7.81. The largest absolute Gasteiger partial charge is 0.481 e. The number of nitrogens with zero attached hydrogens (tertiary/aromatic N) is 3. The van der Waals surface area contributed by atoms with Crippen molar-refractivity contribution in [3.8, 4) is 11.9 Å². The van der Waals surface area contributed by atoms with Crippen molar-refractivity contribution >= 4 is 34.6 Å². The van der Waals surface area contributed by atoms with E-state index >= 15 is 0 Å². The van der Waals surface area contributed by atoms with Gasteiger partial charge in [-0.2, -0.15) is 5.26 Å². The van der Waals surface area contributed by atoms with Crippen LogP contribution in [0.15, 0.2) is 41.9 Å². The number of amides is 1. The molecule has 9 heteroatoms. The topological polar surface area (TPSA) is 126 Å². The van der Waals surface area contributed by atoms with E-state index in [-0.39, 0.29) is 16.3 Å². The maximum atomic E-state index is 12.7. The Balaban J connectivity index is 2.17. The zero-order valence-electron chi connectivity index (χ0n) is 15.0. The van der Waals surface area contributed by atoms with Gasteiger partial charge in [0.2, 0.25) is 5.88 Å². The predicted molar refractivity (Wildman–Crippen MR) is 106 cm³/mol. The molecule has 1 amide bonds. The monoisotopic (exact) mass is 382 g/mol. The van der Waals surface area contributed by atoms with Gasteiger partial charge in [-0.15, -0.1) is 0 Å². The van der Waals surface area contributed by atoms with Crippen molar-refractivity contribution in [3.63, 3.8) is 0 Å². The Hall–Kier alpha value is -3.51. The third kappa shape index (κ3) is 4.99. The highest BCUT2D eigenvalue weighted by atomic mass is 32.1. The van der Waals surface area contributed by atoms with E-state index in [1.807, 2.05) is 13.0 Å². The summed E-state index contributed by atoms with van der Waals surface area (Å²) in [5.74, 6) is 0.392. The van der Waals surface area contributed by atoms with E-state index in [1.54, 1.807) is 25.1 Å². The van der Waals surface area contributed by atoms with Crippen LogP contribution in [-0.4, -0.2) is 28.0 Å². The number of carbonyl (C=O) groups is 1. The number of nitrogens with two attached hydrogens (primary N) is 1. The van der Waals surface area contributed by atoms with Crippen LogP contribution in [-0.2, 0) is 4.79 Å². The molecule has 2 aromatic rings. The van der Waals surface area contributed by atoms with Crippen LogP contribution in [0.3, 0.4) is 0 Å². The molecule has 0 radical (unpaired) electrons. The molecular formula is C18H18N6O2S. The number of aryl methyl sites for hydroxylation is 1. The third-order valence-corrected chi connectivity index (χ3v) is 3.77. The summed E-state index contributed by atoms with van der Waals surface area (Å²) in [6.45, 7) is 3.39. The molecule has 0 saturated carbocycles. The summed E-state index contributed by atoms with van der Waals surface area (Å²) in [4.78, 5) is 20.9. The lowest BCUT2D eigenvalue weighted by atomic mass is 10.2. The minimum absolute atomic E-state index is 0.114. The molecule has 27 heavy (non-hydrogen) atoms. The Morgan fingerprint density at radius 1 is 1.30 bits per heavy atom. The van der Waals surface area contributed by atoms with E-state index < -0.39 is 5.91 Å². The van der Waals surface area contributed by atoms with Gasteiger partial charge in [0.25, 0.3) is 5.91 Å². The fourth-order valence-corrected chi connectivity index (χ4v) is 2.57. The summed E-state index contributed by atoms with van der Waals surface area (Å²) in [6.07, 6.45) is 2.88. The molecular weight excluding hydrogens is 364 g/mol. The molecule has 138 valence electrons. The minimum atomic E-state index is -0.479. The van der Waals surface area contributed by atoms with Crippen LogP contribution in [0, 0.1) is 18.3 Å². The van der Waals surface area contributed by atoms with Crippen LogP contribution in [0.1, 0.15) is 18.1 Å². The minimum Gasteiger partial charge on any atom is -0.481 e. The first kappa shape index (κ1) is 19.8. The number of anilines is 2. The first-order valence-corrected chi connectivity index (χ1v) is 8.22. The van der Waals surface area contributed by atoms with E-state index in [0.29, 0.717) is 22.9 Å². The van der Waals surface area contributed by atoms with Crippen molar-refractivity contribution in [3.05, 3.63) is 53.0 Å². The van der Waals surface area contributed by atoms with Gasteiger partial charge in [-0.05, 0) is 32.0 Å².